The highest BCUT2D eigenvalue weighted by Crippen LogP contribution is 1.91. The zero-order valence-corrected chi connectivity index (χ0v) is 5.55. The van der Waals surface area contributed by atoms with Gasteiger partial charge < -0.3 is 14.6 Å². The molecule has 0 aliphatic heterocycles. The second-order valence-electron chi connectivity index (χ2n) is 1.49. The second kappa shape index (κ2) is 3.66. The molecule has 0 aliphatic rings. The summed E-state index contributed by atoms with van der Waals surface area (Å²) in [7, 11) is 0. The van der Waals surface area contributed by atoms with Crippen LogP contribution in [0.3, 0.4) is 0 Å². The topological polar surface area (TPSA) is 66.4 Å². The molecule has 0 aromatic heterocycles. The quantitative estimate of drug-likeness (QED) is 0.217. The predicted molar refractivity (Wildman–Crippen MR) is 30.8 cm³/mol. The fourth-order valence-corrected chi connectivity index (χ4v) is 0.302. The smallest absolute Gasteiger partial charge is 0.339 e. The normalized spacial score (nSPS) is 8.50. The summed E-state index contributed by atoms with van der Waals surface area (Å²) in [6.45, 7) is 4.64. The van der Waals surface area contributed by atoms with Gasteiger partial charge in [-0.1, -0.05) is 6.58 Å². The summed E-state index contributed by atoms with van der Waals surface area (Å²) in [4.78, 5) is 20.3. The number of hydrogen-bond acceptors (Lipinski definition) is 4. The summed E-state index contributed by atoms with van der Waals surface area (Å²) < 4.78 is 4.31. The van der Waals surface area contributed by atoms with Crippen LogP contribution in [0, 0.1) is 0 Å². The average molecular weight is 143 g/mol. The van der Waals surface area contributed by atoms with Gasteiger partial charge >= 0.3 is 5.97 Å². The van der Waals surface area contributed by atoms with Crippen LogP contribution in [0.2, 0.25) is 0 Å². The van der Waals surface area contributed by atoms with Gasteiger partial charge in [-0.3, -0.25) is 0 Å². The molecule has 4 heteroatoms. The zero-order valence-electron chi connectivity index (χ0n) is 5.55. The lowest BCUT2D eigenvalue weighted by Gasteiger charge is -2.03. The van der Waals surface area contributed by atoms with Crippen LogP contribution in [0.4, 0.5) is 0 Å². The molecule has 0 radical (unpaired) electrons. The number of carboxylic acids is 1. The Bertz CT molecular complexity index is 171. The van der Waals surface area contributed by atoms with E-state index < -0.39 is 17.5 Å². The van der Waals surface area contributed by atoms with E-state index in [1.54, 1.807) is 6.92 Å². The van der Waals surface area contributed by atoms with E-state index in [9.17, 15) is 14.7 Å². The average Bonchev–Trinajstić information content (AvgIpc) is 1.87. The highest BCUT2D eigenvalue weighted by molar-refractivity contribution is 6.11. The van der Waals surface area contributed by atoms with Crippen molar-refractivity contribution in [1.29, 1.82) is 0 Å². The molecule has 0 unspecified atom stereocenters. The van der Waals surface area contributed by atoms with Crippen LogP contribution in [0.15, 0.2) is 12.2 Å². The second-order valence-corrected chi connectivity index (χ2v) is 1.49. The molecule has 0 fully saturated rings. The van der Waals surface area contributed by atoms with Crippen molar-refractivity contribution < 1.29 is 19.4 Å². The SMILES string of the molecule is C=C(C(=O)[O-])C(=O)OCC. The summed E-state index contributed by atoms with van der Waals surface area (Å²) >= 11 is 0. The van der Waals surface area contributed by atoms with E-state index in [0.29, 0.717) is 0 Å². The third kappa shape index (κ3) is 2.30. The van der Waals surface area contributed by atoms with E-state index in [-0.39, 0.29) is 6.61 Å². The Morgan fingerprint density at radius 2 is 2.10 bits per heavy atom. The number of carbonyl (C=O) groups excluding carboxylic acids is 2. The first-order valence-corrected chi connectivity index (χ1v) is 2.67. The van der Waals surface area contributed by atoms with Gasteiger partial charge in [-0.15, -0.1) is 0 Å². The van der Waals surface area contributed by atoms with Gasteiger partial charge in [0, 0.05) is 0 Å². The molecule has 0 saturated heterocycles. The van der Waals surface area contributed by atoms with E-state index in [4.69, 9.17) is 0 Å². The summed E-state index contributed by atoms with van der Waals surface area (Å²) in [5, 5.41) is 9.90. The van der Waals surface area contributed by atoms with Gasteiger partial charge in [0.2, 0.25) is 0 Å². The van der Waals surface area contributed by atoms with Crippen molar-refractivity contribution in [2.75, 3.05) is 6.61 Å². The molecule has 0 N–H and O–H groups in total. The highest BCUT2D eigenvalue weighted by Gasteiger charge is 2.06. The van der Waals surface area contributed by atoms with Crippen LogP contribution in [0.5, 0.6) is 0 Å². The summed E-state index contributed by atoms with van der Waals surface area (Å²) in [6.07, 6.45) is 0. The van der Waals surface area contributed by atoms with Gasteiger partial charge in [0.25, 0.3) is 0 Å². The molecule has 0 bridgehead atoms. The van der Waals surface area contributed by atoms with E-state index in [2.05, 4.69) is 11.3 Å². The third-order valence-corrected chi connectivity index (χ3v) is 0.768. The Morgan fingerprint density at radius 3 is 2.40 bits per heavy atom. The van der Waals surface area contributed by atoms with Crippen molar-refractivity contribution in [3.63, 3.8) is 0 Å². The number of carboxylic acid groups (broad SMARTS) is 1. The molecule has 0 atom stereocenters. The summed E-state index contributed by atoms with van der Waals surface area (Å²) in [6, 6.07) is 0. The van der Waals surface area contributed by atoms with Crippen molar-refractivity contribution >= 4 is 11.9 Å². The van der Waals surface area contributed by atoms with Gasteiger partial charge in [0.15, 0.2) is 0 Å². The van der Waals surface area contributed by atoms with Crippen LogP contribution in [-0.2, 0) is 14.3 Å². The molecule has 0 amide bonds. The molecule has 0 saturated carbocycles. The molecule has 0 rings (SSSR count). The lowest BCUT2D eigenvalue weighted by Crippen LogP contribution is -2.28. The van der Waals surface area contributed by atoms with E-state index in [0.717, 1.165) is 0 Å². The minimum absolute atomic E-state index is 0.130. The molecule has 4 nitrogen and oxygen atoms in total. The number of carbonyl (C=O) groups is 2. The van der Waals surface area contributed by atoms with Gasteiger partial charge in [-0.05, 0) is 6.92 Å². The van der Waals surface area contributed by atoms with Crippen LogP contribution in [0.1, 0.15) is 6.92 Å². The van der Waals surface area contributed by atoms with Crippen LogP contribution in [0.25, 0.3) is 0 Å². The number of esters is 1. The first kappa shape index (κ1) is 8.68. The van der Waals surface area contributed by atoms with Gasteiger partial charge in [0.1, 0.15) is 0 Å². The maximum absolute atomic E-state index is 10.4. The fraction of sp³-hybridized carbons (Fsp3) is 0.333. The van der Waals surface area contributed by atoms with Crippen LogP contribution in [-0.4, -0.2) is 18.5 Å². The molecule has 0 spiro atoms. The first-order chi connectivity index (χ1) is 4.59. The lowest BCUT2D eigenvalue weighted by molar-refractivity contribution is -0.299. The lowest BCUT2D eigenvalue weighted by atomic mass is 10.3. The molecular formula is C6H7O4-. The van der Waals surface area contributed by atoms with Crippen molar-refractivity contribution in [2.24, 2.45) is 0 Å². The fourth-order valence-electron chi connectivity index (χ4n) is 0.302. The molecule has 10 heavy (non-hydrogen) atoms. The first-order valence-electron chi connectivity index (χ1n) is 2.67. The minimum atomic E-state index is -1.60. The van der Waals surface area contributed by atoms with E-state index >= 15 is 0 Å². The molecule has 56 valence electrons. The minimum Gasteiger partial charge on any atom is -0.545 e. The third-order valence-electron chi connectivity index (χ3n) is 0.768. The highest BCUT2D eigenvalue weighted by atomic mass is 16.5. The largest absolute Gasteiger partial charge is 0.545 e. The molecule has 0 heterocycles. The van der Waals surface area contributed by atoms with Gasteiger partial charge in [-0.2, -0.15) is 0 Å². The molecule has 0 aromatic rings. The maximum atomic E-state index is 10.4. The van der Waals surface area contributed by atoms with Crippen LogP contribution >= 0.6 is 0 Å². The summed E-state index contributed by atoms with van der Waals surface area (Å²) in [5.74, 6) is -2.54. The van der Waals surface area contributed by atoms with Crippen molar-refractivity contribution in [3.8, 4) is 0 Å². The van der Waals surface area contributed by atoms with E-state index in [1.807, 2.05) is 0 Å². The van der Waals surface area contributed by atoms with E-state index in [1.165, 1.54) is 0 Å². The Morgan fingerprint density at radius 1 is 1.60 bits per heavy atom. The van der Waals surface area contributed by atoms with Crippen molar-refractivity contribution in [2.45, 2.75) is 6.92 Å². The number of aliphatic carboxylic acids is 1. The monoisotopic (exact) mass is 143 g/mol. The Hall–Kier alpha value is -1.32. The number of rotatable bonds is 3. The number of hydrogen-bond donors (Lipinski definition) is 0. The predicted octanol–water partition coefficient (Wildman–Crippen LogP) is -1.14. The molecule has 0 aliphatic carbocycles. The standard InChI is InChI=1S/C6H8O4/c1-3-10-6(9)4(2)5(7)8/h2-3H2,1H3,(H,7,8)/p-1. The van der Waals surface area contributed by atoms with Gasteiger partial charge in [-0.25, -0.2) is 4.79 Å². The van der Waals surface area contributed by atoms with Crippen LogP contribution < -0.4 is 5.11 Å². The molecule has 0 aromatic carbocycles. The number of ether oxygens (including phenoxy) is 1. The summed E-state index contributed by atoms with van der Waals surface area (Å²) in [5.41, 5.74) is -0.651. The maximum Gasteiger partial charge on any atom is 0.339 e. The Balaban J connectivity index is 3.96. The van der Waals surface area contributed by atoms with Gasteiger partial charge in [0.05, 0.1) is 18.1 Å². The Labute approximate surface area is 58.1 Å². The van der Waals surface area contributed by atoms with Crippen molar-refractivity contribution in [1.82, 2.24) is 0 Å². The zero-order chi connectivity index (χ0) is 8.15. The van der Waals surface area contributed by atoms with Crippen molar-refractivity contribution in [3.05, 3.63) is 12.2 Å². The molecular weight excluding hydrogens is 136 g/mol. The Kier molecular flexibility index (Phi) is 3.17.